The molecule has 0 aliphatic heterocycles. The van der Waals surface area contributed by atoms with Gasteiger partial charge in [-0.3, -0.25) is 0 Å². The minimum atomic E-state index is 0.353. The van der Waals surface area contributed by atoms with E-state index in [0.717, 1.165) is 11.7 Å². The fraction of sp³-hybridized carbons (Fsp3) is 0.778. The van der Waals surface area contributed by atoms with Crippen molar-refractivity contribution in [2.75, 3.05) is 26.0 Å². The molecule has 14 heavy (non-hydrogen) atoms. The fourth-order valence-electron chi connectivity index (χ4n) is 1.86. The lowest BCUT2D eigenvalue weighted by molar-refractivity contribution is 0.0739. The van der Waals surface area contributed by atoms with Crippen LogP contribution in [0.1, 0.15) is 19.3 Å². The molecule has 5 heteroatoms. The second kappa shape index (κ2) is 3.82. The highest BCUT2D eigenvalue weighted by atomic mass is 32.1. The van der Waals surface area contributed by atoms with Gasteiger partial charge in [-0.05, 0) is 33.4 Å². The van der Waals surface area contributed by atoms with Crippen LogP contribution in [0.5, 0.6) is 0 Å². The zero-order valence-corrected chi connectivity index (χ0v) is 9.47. The van der Waals surface area contributed by atoms with Crippen LogP contribution in [0.25, 0.3) is 0 Å². The van der Waals surface area contributed by atoms with Crippen molar-refractivity contribution in [3.63, 3.8) is 0 Å². The largest absolute Gasteiger partial charge is 0.358 e. The smallest absolute Gasteiger partial charge is 0.205 e. The molecule has 1 N–H and O–H groups in total. The molecule has 0 unspecified atom stereocenters. The van der Waals surface area contributed by atoms with E-state index in [2.05, 4.69) is 34.5 Å². The molecule has 0 spiro atoms. The zero-order valence-electron chi connectivity index (χ0n) is 8.66. The summed E-state index contributed by atoms with van der Waals surface area (Å²) in [4.78, 5) is 2.32. The second-order valence-electron chi connectivity index (χ2n) is 4.07. The van der Waals surface area contributed by atoms with E-state index in [0.29, 0.717) is 5.54 Å². The average molecular weight is 212 g/mol. The predicted octanol–water partition coefficient (Wildman–Crippen LogP) is 1.43. The molecule has 1 aromatic heterocycles. The maximum atomic E-state index is 3.98. The van der Waals surface area contributed by atoms with E-state index in [9.17, 15) is 0 Å². The summed E-state index contributed by atoms with van der Waals surface area (Å²) in [5.74, 6) is 0. The van der Waals surface area contributed by atoms with Crippen molar-refractivity contribution in [1.29, 1.82) is 0 Å². The van der Waals surface area contributed by atoms with Crippen LogP contribution in [0.2, 0.25) is 0 Å². The van der Waals surface area contributed by atoms with Crippen molar-refractivity contribution in [2.24, 2.45) is 0 Å². The van der Waals surface area contributed by atoms with Crippen molar-refractivity contribution >= 4 is 16.5 Å². The molecule has 78 valence electrons. The summed E-state index contributed by atoms with van der Waals surface area (Å²) in [5, 5.41) is 12.1. The van der Waals surface area contributed by atoms with Gasteiger partial charge in [0.05, 0.1) is 0 Å². The van der Waals surface area contributed by atoms with Crippen LogP contribution in [0.15, 0.2) is 5.51 Å². The first-order valence-corrected chi connectivity index (χ1v) is 5.78. The third-order valence-corrected chi connectivity index (χ3v) is 3.81. The fourth-order valence-corrected chi connectivity index (χ4v) is 2.30. The number of aromatic nitrogens is 2. The van der Waals surface area contributed by atoms with Gasteiger partial charge >= 0.3 is 0 Å². The van der Waals surface area contributed by atoms with Gasteiger partial charge in [0.25, 0.3) is 0 Å². The Morgan fingerprint density at radius 3 is 2.79 bits per heavy atom. The maximum Gasteiger partial charge on any atom is 0.205 e. The Bertz CT molecular complexity index is 279. The first kappa shape index (κ1) is 9.86. The van der Waals surface area contributed by atoms with Crippen LogP contribution in [0.3, 0.4) is 0 Å². The third kappa shape index (κ3) is 1.74. The van der Waals surface area contributed by atoms with Crippen LogP contribution in [-0.2, 0) is 0 Å². The lowest BCUT2D eigenvalue weighted by atomic mass is 9.75. The van der Waals surface area contributed by atoms with E-state index < -0.39 is 0 Å². The molecule has 1 heterocycles. The molecule has 4 nitrogen and oxygen atoms in total. The third-order valence-electron chi connectivity index (χ3n) is 3.16. The molecule has 1 aromatic rings. The number of hydrogen-bond acceptors (Lipinski definition) is 5. The molecule has 0 saturated heterocycles. The van der Waals surface area contributed by atoms with E-state index in [1.54, 1.807) is 16.8 Å². The van der Waals surface area contributed by atoms with Gasteiger partial charge in [-0.2, -0.15) is 0 Å². The molecular formula is C9H16N4S. The van der Waals surface area contributed by atoms with Gasteiger partial charge in [-0.15, -0.1) is 10.2 Å². The van der Waals surface area contributed by atoms with Gasteiger partial charge in [0, 0.05) is 12.1 Å². The number of nitrogens with zero attached hydrogens (tertiary/aromatic N) is 3. The summed E-state index contributed by atoms with van der Waals surface area (Å²) < 4.78 is 0. The van der Waals surface area contributed by atoms with Crippen LogP contribution in [0.4, 0.5) is 5.13 Å². The zero-order chi connectivity index (χ0) is 10.0. The van der Waals surface area contributed by atoms with Gasteiger partial charge in [0.15, 0.2) is 0 Å². The lowest BCUT2D eigenvalue weighted by Crippen LogP contribution is -2.54. The first-order chi connectivity index (χ1) is 6.73. The highest BCUT2D eigenvalue weighted by Crippen LogP contribution is 2.36. The number of hydrogen-bond donors (Lipinski definition) is 1. The molecule has 0 radical (unpaired) electrons. The average Bonchev–Trinajstić information content (AvgIpc) is 2.53. The van der Waals surface area contributed by atoms with Crippen LogP contribution in [-0.4, -0.2) is 41.3 Å². The number of rotatable bonds is 4. The minimum Gasteiger partial charge on any atom is -0.358 e. The van der Waals surface area contributed by atoms with Crippen molar-refractivity contribution in [2.45, 2.75) is 24.8 Å². The summed E-state index contributed by atoms with van der Waals surface area (Å²) in [6, 6.07) is 0. The van der Waals surface area contributed by atoms with Crippen molar-refractivity contribution < 1.29 is 0 Å². The Morgan fingerprint density at radius 2 is 2.36 bits per heavy atom. The van der Waals surface area contributed by atoms with Crippen molar-refractivity contribution in [3.8, 4) is 0 Å². The molecular weight excluding hydrogens is 196 g/mol. The minimum absolute atomic E-state index is 0.353. The molecule has 1 fully saturated rings. The SMILES string of the molecule is CN(C)C1(CNc2nncs2)CCC1. The predicted molar refractivity (Wildman–Crippen MR) is 58.7 cm³/mol. The molecule has 0 amide bonds. The quantitative estimate of drug-likeness (QED) is 0.820. The Kier molecular flexibility index (Phi) is 2.69. The van der Waals surface area contributed by atoms with Crippen LogP contribution >= 0.6 is 11.3 Å². The molecule has 1 aliphatic carbocycles. The van der Waals surface area contributed by atoms with E-state index in [-0.39, 0.29) is 0 Å². The van der Waals surface area contributed by atoms with E-state index in [1.807, 2.05) is 0 Å². The second-order valence-corrected chi connectivity index (χ2v) is 4.90. The Hall–Kier alpha value is -0.680. The number of likely N-dealkylation sites (N-methyl/N-ethyl adjacent to an activating group) is 1. The van der Waals surface area contributed by atoms with Gasteiger partial charge in [-0.25, -0.2) is 0 Å². The maximum absolute atomic E-state index is 3.98. The van der Waals surface area contributed by atoms with Gasteiger partial charge < -0.3 is 10.2 Å². The van der Waals surface area contributed by atoms with E-state index >= 15 is 0 Å². The standard InChI is InChI=1S/C9H16N4S/c1-13(2)9(4-3-5-9)6-10-8-12-11-7-14-8/h7H,3-6H2,1-2H3,(H,10,12). The Morgan fingerprint density at radius 1 is 1.57 bits per heavy atom. The Labute approximate surface area is 88.3 Å². The molecule has 2 rings (SSSR count). The lowest BCUT2D eigenvalue weighted by Gasteiger charge is -2.47. The topological polar surface area (TPSA) is 41.0 Å². The number of anilines is 1. The highest BCUT2D eigenvalue weighted by molar-refractivity contribution is 7.13. The molecule has 1 aliphatic rings. The first-order valence-electron chi connectivity index (χ1n) is 4.90. The molecule has 1 saturated carbocycles. The normalized spacial score (nSPS) is 19.4. The number of nitrogens with one attached hydrogen (secondary N) is 1. The highest BCUT2D eigenvalue weighted by Gasteiger charge is 2.38. The summed E-state index contributed by atoms with van der Waals surface area (Å²) in [7, 11) is 4.31. The summed E-state index contributed by atoms with van der Waals surface area (Å²) in [5.41, 5.74) is 2.11. The van der Waals surface area contributed by atoms with Crippen LogP contribution in [0, 0.1) is 0 Å². The summed E-state index contributed by atoms with van der Waals surface area (Å²) in [6.07, 6.45) is 3.91. The summed E-state index contributed by atoms with van der Waals surface area (Å²) >= 11 is 1.56. The van der Waals surface area contributed by atoms with E-state index in [4.69, 9.17) is 0 Å². The van der Waals surface area contributed by atoms with Gasteiger partial charge in [0.2, 0.25) is 5.13 Å². The van der Waals surface area contributed by atoms with Crippen molar-refractivity contribution in [3.05, 3.63) is 5.51 Å². The molecule has 0 bridgehead atoms. The van der Waals surface area contributed by atoms with Gasteiger partial charge in [-0.1, -0.05) is 11.3 Å². The molecule has 0 aromatic carbocycles. The Balaban J connectivity index is 1.90. The van der Waals surface area contributed by atoms with Crippen LogP contribution < -0.4 is 5.32 Å². The van der Waals surface area contributed by atoms with Crippen molar-refractivity contribution in [1.82, 2.24) is 15.1 Å². The van der Waals surface area contributed by atoms with E-state index in [1.165, 1.54) is 19.3 Å². The monoisotopic (exact) mass is 212 g/mol. The van der Waals surface area contributed by atoms with Gasteiger partial charge in [0.1, 0.15) is 5.51 Å². The molecule has 0 atom stereocenters. The summed E-state index contributed by atoms with van der Waals surface area (Å²) in [6.45, 7) is 0.981.